The lowest BCUT2D eigenvalue weighted by molar-refractivity contribution is 0.102. The van der Waals surface area contributed by atoms with E-state index in [1.165, 1.54) is 27.7 Å². The van der Waals surface area contributed by atoms with E-state index < -0.39 is 0 Å². The molecule has 0 atom stereocenters. The topological polar surface area (TPSA) is 61.2 Å². The Morgan fingerprint density at radius 3 is 2.60 bits per heavy atom. The highest BCUT2D eigenvalue weighted by Gasteiger charge is 2.16. The van der Waals surface area contributed by atoms with E-state index in [2.05, 4.69) is 4.98 Å². The molecule has 0 amide bonds. The van der Waals surface area contributed by atoms with Gasteiger partial charge in [0, 0.05) is 17.5 Å². The molecule has 3 rings (SSSR count). The lowest BCUT2D eigenvalue weighted by Gasteiger charge is -2.07. The number of methoxy groups -OCH3 is 1. The number of fused-ring (bicyclic) bond motifs is 1. The predicted octanol–water partition coefficient (Wildman–Crippen LogP) is 3.60. The van der Waals surface area contributed by atoms with Crippen LogP contribution in [0.1, 0.15) is 20.8 Å². The molecule has 5 nitrogen and oxygen atoms in total. The quantitative estimate of drug-likeness (QED) is 0.388. The Morgan fingerprint density at radius 1 is 1.28 bits per heavy atom. The van der Waals surface area contributed by atoms with Gasteiger partial charge < -0.3 is 4.74 Å². The second kappa shape index (κ2) is 7.01. The zero-order chi connectivity index (χ0) is 18.1. The molecule has 0 fully saturated rings. The number of benzene rings is 1. The third-order valence-electron chi connectivity index (χ3n) is 4.11. The number of aryl methyl sites for hydroxylation is 2. The molecule has 0 bridgehead atoms. The molecular weight excluding hydrogens is 356 g/mol. The van der Waals surface area contributed by atoms with Crippen molar-refractivity contribution in [3.8, 4) is 5.75 Å². The molecule has 7 heteroatoms. The maximum Gasteiger partial charge on any atom is 0.262 e. The fraction of sp³-hybridized carbons (Fsp3) is 0.278. The van der Waals surface area contributed by atoms with Crippen LogP contribution in [-0.2, 0) is 7.05 Å². The van der Waals surface area contributed by atoms with Crippen LogP contribution in [-0.4, -0.2) is 28.2 Å². The second-order valence-corrected chi connectivity index (χ2v) is 7.81. The van der Waals surface area contributed by atoms with Crippen molar-refractivity contribution < 1.29 is 9.53 Å². The Labute approximate surface area is 153 Å². The zero-order valence-electron chi connectivity index (χ0n) is 14.5. The standard InChI is InChI=1S/C18H18N2O3S2/c1-10-11(2)25-16-15(10)17(22)20(3)18(19-16)24-9-14(21)12-5-7-13(23-4)8-6-12/h5-8H,9H2,1-4H3. The van der Waals surface area contributed by atoms with E-state index in [9.17, 15) is 9.59 Å². The third-order valence-corrected chi connectivity index (χ3v) is 6.24. The van der Waals surface area contributed by atoms with Crippen molar-refractivity contribution in [2.24, 2.45) is 7.05 Å². The van der Waals surface area contributed by atoms with Gasteiger partial charge in [0.25, 0.3) is 5.56 Å². The fourth-order valence-electron chi connectivity index (χ4n) is 2.48. The molecule has 2 heterocycles. The number of thiophene rings is 1. The lowest BCUT2D eigenvalue weighted by atomic mass is 10.1. The highest BCUT2D eigenvalue weighted by Crippen LogP contribution is 2.28. The Balaban J connectivity index is 1.84. The van der Waals surface area contributed by atoms with E-state index in [0.29, 0.717) is 21.9 Å². The number of ether oxygens (including phenoxy) is 1. The Bertz CT molecular complexity index is 1000. The average Bonchev–Trinajstić information content (AvgIpc) is 2.90. The molecule has 25 heavy (non-hydrogen) atoms. The molecule has 0 spiro atoms. The molecule has 0 unspecified atom stereocenters. The number of aromatic nitrogens is 2. The monoisotopic (exact) mass is 374 g/mol. The number of ketones is 1. The minimum absolute atomic E-state index is 0.0134. The first kappa shape index (κ1) is 17.7. The number of hydrogen-bond acceptors (Lipinski definition) is 6. The van der Waals surface area contributed by atoms with E-state index in [-0.39, 0.29) is 17.1 Å². The van der Waals surface area contributed by atoms with Gasteiger partial charge in [-0.3, -0.25) is 14.2 Å². The first-order valence-corrected chi connectivity index (χ1v) is 9.49. The molecule has 130 valence electrons. The highest BCUT2D eigenvalue weighted by atomic mass is 32.2. The summed E-state index contributed by atoms with van der Waals surface area (Å²) in [5, 5.41) is 1.23. The Hall–Kier alpha value is -2.12. The molecule has 0 N–H and O–H groups in total. The van der Waals surface area contributed by atoms with Crippen molar-refractivity contribution in [2.75, 3.05) is 12.9 Å². The van der Waals surface area contributed by atoms with E-state index in [0.717, 1.165) is 15.3 Å². The lowest BCUT2D eigenvalue weighted by Crippen LogP contribution is -2.20. The minimum Gasteiger partial charge on any atom is -0.497 e. The minimum atomic E-state index is -0.0637. The second-order valence-electron chi connectivity index (χ2n) is 5.66. The summed E-state index contributed by atoms with van der Waals surface area (Å²) in [6.07, 6.45) is 0. The van der Waals surface area contributed by atoms with Crippen molar-refractivity contribution >= 4 is 39.1 Å². The van der Waals surface area contributed by atoms with Gasteiger partial charge in [0.2, 0.25) is 0 Å². The molecule has 0 saturated heterocycles. The van der Waals surface area contributed by atoms with Gasteiger partial charge in [-0.05, 0) is 43.7 Å². The zero-order valence-corrected chi connectivity index (χ0v) is 16.1. The summed E-state index contributed by atoms with van der Waals surface area (Å²) in [7, 11) is 3.28. The van der Waals surface area contributed by atoms with Gasteiger partial charge >= 0.3 is 0 Å². The van der Waals surface area contributed by atoms with Crippen LogP contribution in [0.15, 0.2) is 34.2 Å². The van der Waals surface area contributed by atoms with E-state index in [4.69, 9.17) is 4.74 Å². The third kappa shape index (κ3) is 3.34. The molecule has 0 aliphatic carbocycles. The normalized spacial score (nSPS) is 11.0. The molecule has 0 radical (unpaired) electrons. The number of nitrogens with zero attached hydrogens (tertiary/aromatic N) is 2. The number of rotatable bonds is 5. The molecule has 0 saturated carbocycles. The first-order valence-electron chi connectivity index (χ1n) is 7.69. The van der Waals surface area contributed by atoms with Crippen molar-refractivity contribution in [2.45, 2.75) is 19.0 Å². The van der Waals surface area contributed by atoms with E-state index in [1.807, 2.05) is 13.8 Å². The van der Waals surface area contributed by atoms with Crippen LogP contribution in [0.5, 0.6) is 5.75 Å². The van der Waals surface area contributed by atoms with Crippen LogP contribution in [0.25, 0.3) is 10.2 Å². The highest BCUT2D eigenvalue weighted by molar-refractivity contribution is 7.99. The molecule has 3 aromatic rings. The number of carbonyl (C=O) groups is 1. The van der Waals surface area contributed by atoms with Gasteiger partial charge in [-0.15, -0.1) is 11.3 Å². The van der Waals surface area contributed by atoms with E-state index >= 15 is 0 Å². The van der Waals surface area contributed by atoms with Gasteiger partial charge in [0.1, 0.15) is 10.6 Å². The number of thioether (sulfide) groups is 1. The van der Waals surface area contributed by atoms with Crippen molar-refractivity contribution in [1.82, 2.24) is 9.55 Å². The van der Waals surface area contributed by atoms with Crippen LogP contribution >= 0.6 is 23.1 Å². The molecular formula is C18H18N2O3S2. The van der Waals surface area contributed by atoms with Crippen LogP contribution in [0.3, 0.4) is 0 Å². The van der Waals surface area contributed by atoms with Gasteiger partial charge in [-0.2, -0.15) is 0 Å². The predicted molar refractivity (Wildman–Crippen MR) is 102 cm³/mol. The van der Waals surface area contributed by atoms with Gasteiger partial charge in [-0.1, -0.05) is 11.8 Å². The largest absolute Gasteiger partial charge is 0.497 e. The van der Waals surface area contributed by atoms with Crippen LogP contribution in [0.4, 0.5) is 0 Å². The summed E-state index contributed by atoms with van der Waals surface area (Å²) in [5.41, 5.74) is 1.53. The van der Waals surface area contributed by atoms with Crippen molar-refractivity contribution in [1.29, 1.82) is 0 Å². The Morgan fingerprint density at radius 2 is 1.96 bits per heavy atom. The molecule has 2 aromatic heterocycles. The average molecular weight is 374 g/mol. The summed E-state index contributed by atoms with van der Waals surface area (Å²) >= 11 is 2.80. The number of carbonyl (C=O) groups excluding carboxylic acids is 1. The maximum atomic E-state index is 12.6. The number of Topliss-reactive ketones (excluding diaryl/α,β-unsaturated/α-hetero) is 1. The summed E-state index contributed by atoms with van der Waals surface area (Å²) in [4.78, 5) is 31.4. The van der Waals surface area contributed by atoms with Gasteiger partial charge in [0.15, 0.2) is 10.9 Å². The molecule has 1 aromatic carbocycles. The molecule has 0 aliphatic heterocycles. The van der Waals surface area contributed by atoms with Crippen LogP contribution in [0.2, 0.25) is 0 Å². The summed E-state index contributed by atoms with van der Waals surface area (Å²) in [5.74, 6) is 0.921. The summed E-state index contributed by atoms with van der Waals surface area (Å²) < 4.78 is 6.62. The van der Waals surface area contributed by atoms with Crippen LogP contribution in [0, 0.1) is 13.8 Å². The molecule has 0 aliphatic rings. The first-order chi connectivity index (χ1) is 11.9. The summed E-state index contributed by atoms with van der Waals surface area (Å²) in [6, 6.07) is 7.00. The van der Waals surface area contributed by atoms with Crippen molar-refractivity contribution in [3.63, 3.8) is 0 Å². The fourth-order valence-corrected chi connectivity index (χ4v) is 4.41. The maximum absolute atomic E-state index is 12.6. The summed E-state index contributed by atoms with van der Waals surface area (Å²) in [6.45, 7) is 3.93. The SMILES string of the molecule is COc1ccc(C(=O)CSc2nc3sc(C)c(C)c3c(=O)n2C)cc1. The van der Waals surface area contributed by atoms with E-state index in [1.54, 1.807) is 38.4 Å². The smallest absolute Gasteiger partial charge is 0.262 e. The van der Waals surface area contributed by atoms with Gasteiger partial charge in [-0.25, -0.2) is 4.98 Å². The van der Waals surface area contributed by atoms with Crippen molar-refractivity contribution in [3.05, 3.63) is 50.6 Å². The van der Waals surface area contributed by atoms with Crippen LogP contribution < -0.4 is 10.3 Å². The Kier molecular flexibility index (Phi) is 4.96. The van der Waals surface area contributed by atoms with Gasteiger partial charge in [0.05, 0.1) is 18.2 Å². The number of hydrogen-bond donors (Lipinski definition) is 0.